The quantitative estimate of drug-likeness (QED) is 0.734. The molecule has 20 heavy (non-hydrogen) atoms. The molecule has 1 heterocycles. The minimum Gasteiger partial charge on any atom is -0.468 e. The van der Waals surface area contributed by atoms with Gasteiger partial charge < -0.3 is 15.2 Å². The third-order valence-corrected chi connectivity index (χ3v) is 3.74. The number of hydrogen-bond acceptors (Lipinski definition) is 5. The number of nitrogens with zero attached hydrogens (tertiary/aromatic N) is 1. The number of piperidine rings is 1. The van der Waals surface area contributed by atoms with Crippen LogP contribution in [0.4, 0.5) is 0 Å². The Balaban J connectivity index is 2.58. The van der Waals surface area contributed by atoms with E-state index in [2.05, 4.69) is 31.0 Å². The van der Waals surface area contributed by atoms with E-state index in [1.165, 1.54) is 7.11 Å². The SMILES string of the molecule is COC(=O)CN1CC(NCC(C)(C)C)CC(C(C)O)C1. The largest absolute Gasteiger partial charge is 0.468 e. The van der Waals surface area contributed by atoms with Crippen LogP contribution in [0.5, 0.6) is 0 Å². The Morgan fingerprint density at radius 3 is 2.60 bits per heavy atom. The molecule has 0 aromatic heterocycles. The number of hydrogen-bond donors (Lipinski definition) is 2. The van der Waals surface area contributed by atoms with E-state index in [1.807, 2.05) is 6.92 Å². The molecule has 0 radical (unpaired) electrons. The molecule has 2 N–H and O–H groups in total. The lowest BCUT2D eigenvalue weighted by molar-refractivity contribution is -0.142. The van der Waals surface area contributed by atoms with Crippen molar-refractivity contribution >= 4 is 5.97 Å². The minimum atomic E-state index is -0.352. The standard InChI is InChI=1S/C15H30N2O3/c1-11(18)12-6-13(16-10-15(2,3)4)8-17(7-12)9-14(19)20-5/h11-13,16,18H,6-10H2,1-5H3. The zero-order chi connectivity index (χ0) is 15.3. The first-order valence-corrected chi connectivity index (χ1v) is 7.42. The summed E-state index contributed by atoms with van der Waals surface area (Å²) in [7, 11) is 1.41. The molecular formula is C15H30N2O3. The molecule has 1 fully saturated rings. The Morgan fingerprint density at radius 1 is 1.45 bits per heavy atom. The van der Waals surface area contributed by atoms with Crippen molar-refractivity contribution in [3.8, 4) is 0 Å². The summed E-state index contributed by atoms with van der Waals surface area (Å²) in [5.41, 5.74) is 0.227. The molecule has 5 nitrogen and oxygen atoms in total. The summed E-state index contributed by atoms with van der Waals surface area (Å²) in [5, 5.41) is 13.4. The van der Waals surface area contributed by atoms with Gasteiger partial charge in [-0.1, -0.05) is 20.8 Å². The lowest BCUT2D eigenvalue weighted by Gasteiger charge is -2.39. The number of rotatable bonds is 5. The maximum atomic E-state index is 11.4. The third kappa shape index (κ3) is 6.20. The van der Waals surface area contributed by atoms with Gasteiger partial charge in [0.05, 0.1) is 19.8 Å². The Bertz CT molecular complexity index is 313. The van der Waals surface area contributed by atoms with Crippen LogP contribution in [0.2, 0.25) is 0 Å². The maximum absolute atomic E-state index is 11.4. The van der Waals surface area contributed by atoms with Gasteiger partial charge in [-0.3, -0.25) is 9.69 Å². The van der Waals surface area contributed by atoms with Crippen LogP contribution >= 0.6 is 0 Å². The van der Waals surface area contributed by atoms with Crippen LogP contribution in [0.3, 0.4) is 0 Å². The highest BCUT2D eigenvalue weighted by molar-refractivity contribution is 5.71. The second-order valence-electron chi connectivity index (χ2n) is 7.15. The molecule has 118 valence electrons. The minimum absolute atomic E-state index is 0.200. The summed E-state index contributed by atoms with van der Waals surface area (Å²) in [6, 6.07) is 0.312. The lowest BCUT2D eigenvalue weighted by atomic mass is 9.89. The summed E-state index contributed by atoms with van der Waals surface area (Å²) < 4.78 is 4.73. The van der Waals surface area contributed by atoms with Gasteiger partial charge in [0.25, 0.3) is 0 Å². The van der Waals surface area contributed by atoms with Crippen LogP contribution in [0.25, 0.3) is 0 Å². The molecule has 1 aliphatic rings. The van der Waals surface area contributed by atoms with Gasteiger partial charge in [-0.25, -0.2) is 0 Å². The van der Waals surface area contributed by atoms with E-state index in [4.69, 9.17) is 4.74 Å². The Morgan fingerprint density at radius 2 is 2.10 bits per heavy atom. The number of ether oxygens (including phenoxy) is 1. The van der Waals surface area contributed by atoms with Gasteiger partial charge in [-0.05, 0) is 24.7 Å². The van der Waals surface area contributed by atoms with Crippen LogP contribution in [-0.2, 0) is 9.53 Å². The van der Waals surface area contributed by atoms with Crippen molar-refractivity contribution in [2.24, 2.45) is 11.3 Å². The summed E-state index contributed by atoms with van der Waals surface area (Å²) in [6.45, 7) is 11.2. The van der Waals surface area contributed by atoms with Gasteiger partial charge in [0.15, 0.2) is 0 Å². The average Bonchev–Trinajstić information content (AvgIpc) is 2.35. The molecular weight excluding hydrogens is 256 g/mol. The number of likely N-dealkylation sites (tertiary alicyclic amines) is 1. The molecule has 0 bridgehead atoms. The molecule has 5 heteroatoms. The smallest absolute Gasteiger partial charge is 0.319 e. The fraction of sp³-hybridized carbons (Fsp3) is 0.933. The Kier molecular flexibility index (Phi) is 6.43. The number of carbonyl (C=O) groups is 1. The van der Waals surface area contributed by atoms with Crippen molar-refractivity contribution in [2.45, 2.75) is 46.3 Å². The fourth-order valence-electron chi connectivity index (χ4n) is 2.56. The number of esters is 1. The van der Waals surface area contributed by atoms with Crippen molar-refractivity contribution < 1.29 is 14.6 Å². The maximum Gasteiger partial charge on any atom is 0.319 e. The van der Waals surface area contributed by atoms with Crippen LogP contribution in [0, 0.1) is 11.3 Å². The number of aliphatic hydroxyl groups is 1. The molecule has 0 spiro atoms. The molecule has 1 aliphatic heterocycles. The van der Waals surface area contributed by atoms with Gasteiger partial charge in [-0.2, -0.15) is 0 Å². The first kappa shape index (κ1) is 17.4. The van der Waals surface area contributed by atoms with E-state index < -0.39 is 0 Å². The van der Waals surface area contributed by atoms with E-state index in [-0.39, 0.29) is 23.4 Å². The predicted molar refractivity (Wildman–Crippen MR) is 79.5 cm³/mol. The van der Waals surface area contributed by atoms with Crippen molar-refractivity contribution in [1.29, 1.82) is 0 Å². The van der Waals surface area contributed by atoms with Gasteiger partial charge in [0, 0.05) is 25.7 Å². The number of methoxy groups -OCH3 is 1. The summed E-state index contributed by atoms with van der Waals surface area (Å²) in [4.78, 5) is 13.5. The van der Waals surface area contributed by atoms with Crippen molar-refractivity contribution in [2.75, 3.05) is 33.3 Å². The van der Waals surface area contributed by atoms with E-state index in [1.54, 1.807) is 0 Å². The van der Waals surface area contributed by atoms with Crippen LogP contribution < -0.4 is 5.32 Å². The molecule has 0 aromatic rings. The Hall–Kier alpha value is -0.650. The van der Waals surface area contributed by atoms with Crippen molar-refractivity contribution in [3.63, 3.8) is 0 Å². The highest BCUT2D eigenvalue weighted by atomic mass is 16.5. The van der Waals surface area contributed by atoms with Crippen molar-refractivity contribution in [1.82, 2.24) is 10.2 Å². The molecule has 0 aliphatic carbocycles. The molecule has 0 aromatic carbocycles. The molecule has 0 saturated carbocycles. The molecule has 1 saturated heterocycles. The highest BCUT2D eigenvalue weighted by Gasteiger charge is 2.31. The van der Waals surface area contributed by atoms with Crippen molar-refractivity contribution in [3.05, 3.63) is 0 Å². The molecule has 3 unspecified atom stereocenters. The van der Waals surface area contributed by atoms with E-state index >= 15 is 0 Å². The zero-order valence-electron chi connectivity index (χ0n) is 13.5. The lowest BCUT2D eigenvalue weighted by Crippen LogP contribution is -2.53. The van der Waals surface area contributed by atoms with Gasteiger partial charge >= 0.3 is 5.97 Å². The monoisotopic (exact) mass is 286 g/mol. The summed E-state index contributed by atoms with van der Waals surface area (Å²) in [5.74, 6) is -0.0170. The van der Waals surface area contributed by atoms with Gasteiger partial charge in [0.1, 0.15) is 0 Å². The number of carbonyl (C=O) groups excluding carboxylic acids is 1. The third-order valence-electron chi connectivity index (χ3n) is 3.74. The molecule has 1 rings (SSSR count). The normalized spacial score (nSPS) is 26.3. The van der Waals surface area contributed by atoms with E-state index in [0.717, 1.165) is 26.1 Å². The highest BCUT2D eigenvalue weighted by Crippen LogP contribution is 2.21. The average molecular weight is 286 g/mol. The fourth-order valence-corrected chi connectivity index (χ4v) is 2.56. The van der Waals surface area contributed by atoms with E-state index in [9.17, 15) is 9.90 Å². The van der Waals surface area contributed by atoms with Crippen LogP contribution in [-0.4, -0.2) is 61.4 Å². The predicted octanol–water partition coefficient (Wildman–Crippen LogP) is 0.866. The number of aliphatic hydroxyl groups excluding tert-OH is 1. The molecule has 0 amide bonds. The Labute approximate surface area is 122 Å². The van der Waals surface area contributed by atoms with Crippen LogP contribution in [0.1, 0.15) is 34.1 Å². The van der Waals surface area contributed by atoms with Gasteiger partial charge in [0.2, 0.25) is 0 Å². The van der Waals surface area contributed by atoms with E-state index in [0.29, 0.717) is 12.6 Å². The zero-order valence-corrected chi connectivity index (χ0v) is 13.5. The number of nitrogens with one attached hydrogen (secondary N) is 1. The summed E-state index contributed by atoms with van der Waals surface area (Å²) >= 11 is 0. The first-order valence-electron chi connectivity index (χ1n) is 7.42. The first-order chi connectivity index (χ1) is 9.21. The van der Waals surface area contributed by atoms with Gasteiger partial charge in [-0.15, -0.1) is 0 Å². The second-order valence-corrected chi connectivity index (χ2v) is 7.15. The second kappa shape index (κ2) is 7.38. The van der Waals surface area contributed by atoms with Crippen LogP contribution in [0.15, 0.2) is 0 Å². The topological polar surface area (TPSA) is 61.8 Å². The molecule has 3 atom stereocenters. The summed E-state index contributed by atoms with van der Waals surface area (Å²) in [6.07, 6.45) is 0.597.